The van der Waals surface area contributed by atoms with Crippen LogP contribution in [0.5, 0.6) is 0 Å². The third kappa shape index (κ3) is 1.78. The normalized spacial score (nSPS) is 37.1. The van der Waals surface area contributed by atoms with Crippen molar-refractivity contribution < 1.29 is 15.0 Å². The maximum Gasteiger partial charge on any atom is 0.312 e. The molecule has 0 radical (unpaired) electrons. The van der Waals surface area contributed by atoms with Crippen molar-refractivity contribution in [3.8, 4) is 0 Å². The van der Waals surface area contributed by atoms with Gasteiger partial charge in [0, 0.05) is 12.1 Å². The minimum atomic E-state index is -1.04. The van der Waals surface area contributed by atoms with Crippen molar-refractivity contribution in [1.29, 1.82) is 0 Å². The Hall–Kier alpha value is -0.610. The molecule has 0 aliphatic carbocycles. The van der Waals surface area contributed by atoms with Gasteiger partial charge < -0.3 is 15.5 Å². The molecule has 0 aromatic rings. The predicted molar refractivity (Wildman–Crippen MR) is 64.8 cm³/mol. The summed E-state index contributed by atoms with van der Waals surface area (Å²) in [5.74, 6) is -0.841. The summed E-state index contributed by atoms with van der Waals surface area (Å²) in [6.45, 7) is 3.75. The molecule has 0 aromatic heterocycles. The standard InChI is InChI=1S/C13H23NO3/c1-3-12(4-2,11(15)16)13(17)7-9-5-6-10(8-13)14-9/h9-10,14,17H,3-8H2,1-2H3,(H,15,16). The molecular weight excluding hydrogens is 218 g/mol. The molecule has 2 atom stereocenters. The van der Waals surface area contributed by atoms with Crippen LogP contribution in [-0.4, -0.2) is 33.9 Å². The monoisotopic (exact) mass is 241 g/mol. The van der Waals surface area contributed by atoms with Crippen molar-refractivity contribution in [2.75, 3.05) is 0 Å². The van der Waals surface area contributed by atoms with Crippen LogP contribution >= 0.6 is 0 Å². The molecule has 17 heavy (non-hydrogen) atoms. The van der Waals surface area contributed by atoms with Gasteiger partial charge in [0.25, 0.3) is 0 Å². The van der Waals surface area contributed by atoms with E-state index in [0.29, 0.717) is 37.8 Å². The Balaban J connectivity index is 2.32. The van der Waals surface area contributed by atoms with E-state index in [9.17, 15) is 15.0 Å². The highest BCUT2D eigenvalue weighted by atomic mass is 16.4. The summed E-state index contributed by atoms with van der Waals surface area (Å²) < 4.78 is 0. The van der Waals surface area contributed by atoms with Crippen molar-refractivity contribution in [3.05, 3.63) is 0 Å². The van der Waals surface area contributed by atoms with E-state index in [1.807, 2.05) is 13.8 Å². The van der Waals surface area contributed by atoms with E-state index < -0.39 is 17.0 Å². The number of nitrogens with one attached hydrogen (secondary N) is 1. The van der Waals surface area contributed by atoms with Gasteiger partial charge in [-0.3, -0.25) is 4.79 Å². The van der Waals surface area contributed by atoms with Crippen LogP contribution in [0.25, 0.3) is 0 Å². The van der Waals surface area contributed by atoms with Crippen LogP contribution < -0.4 is 5.32 Å². The second-order valence-electron chi connectivity index (χ2n) is 5.67. The quantitative estimate of drug-likeness (QED) is 0.698. The summed E-state index contributed by atoms with van der Waals surface area (Å²) >= 11 is 0. The van der Waals surface area contributed by atoms with Gasteiger partial charge in [0.1, 0.15) is 0 Å². The van der Waals surface area contributed by atoms with Crippen LogP contribution in [0.2, 0.25) is 0 Å². The second kappa shape index (κ2) is 4.25. The molecule has 0 spiro atoms. The molecule has 3 N–H and O–H groups in total. The lowest BCUT2D eigenvalue weighted by atomic mass is 9.63. The lowest BCUT2D eigenvalue weighted by Gasteiger charge is -2.48. The summed E-state index contributed by atoms with van der Waals surface area (Å²) in [7, 11) is 0. The molecule has 4 heteroatoms. The molecule has 2 unspecified atom stereocenters. The fraction of sp³-hybridized carbons (Fsp3) is 0.923. The first-order valence-corrected chi connectivity index (χ1v) is 6.69. The number of hydrogen-bond acceptors (Lipinski definition) is 3. The fourth-order valence-corrected chi connectivity index (χ4v) is 3.92. The third-order valence-electron chi connectivity index (χ3n) is 5.01. The van der Waals surface area contributed by atoms with Gasteiger partial charge in [-0.1, -0.05) is 13.8 Å². The maximum atomic E-state index is 11.6. The number of piperidine rings is 1. The molecule has 4 nitrogen and oxygen atoms in total. The van der Waals surface area contributed by atoms with Crippen LogP contribution in [0, 0.1) is 5.41 Å². The molecule has 98 valence electrons. The predicted octanol–water partition coefficient (Wildman–Crippen LogP) is 1.52. The van der Waals surface area contributed by atoms with Crippen molar-refractivity contribution in [3.63, 3.8) is 0 Å². The number of carboxylic acid groups (broad SMARTS) is 1. The zero-order valence-electron chi connectivity index (χ0n) is 10.7. The minimum absolute atomic E-state index is 0.301. The number of aliphatic hydroxyl groups is 1. The molecular formula is C13H23NO3. The molecule has 2 heterocycles. The van der Waals surface area contributed by atoms with Gasteiger partial charge in [0.2, 0.25) is 0 Å². The van der Waals surface area contributed by atoms with Crippen molar-refractivity contribution in [1.82, 2.24) is 5.32 Å². The lowest BCUT2D eigenvalue weighted by molar-refractivity contribution is -0.178. The zero-order valence-corrected chi connectivity index (χ0v) is 10.7. The number of carboxylic acids is 1. The van der Waals surface area contributed by atoms with Gasteiger partial charge in [-0.25, -0.2) is 0 Å². The van der Waals surface area contributed by atoms with E-state index in [4.69, 9.17) is 0 Å². The van der Waals surface area contributed by atoms with Crippen LogP contribution in [0.1, 0.15) is 52.4 Å². The molecule has 2 fully saturated rings. The van der Waals surface area contributed by atoms with Gasteiger partial charge in [-0.05, 0) is 38.5 Å². The smallest absolute Gasteiger partial charge is 0.312 e. The Morgan fingerprint density at radius 1 is 1.29 bits per heavy atom. The Kier molecular flexibility index (Phi) is 3.21. The lowest BCUT2D eigenvalue weighted by Crippen LogP contribution is -2.60. The van der Waals surface area contributed by atoms with Gasteiger partial charge >= 0.3 is 5.97 Å². The van der Waals surface area contributed by atoms with Crippen molar-refractivity contribution in [2.45, 2.75) is 70.1 Å². The van der Waals surface area contributed by atoms with E-state index in [0.717, 1.165) is 12.8 Å². The summed E-state index contributed by atoms with van der Waals surface area (Å²) in [5, 5.41) is 23.9. The third-order valence-corrected chi connectivity index (χ3v) is 5.01. The minimum Gasteiger partial charge on any atom is -0.481 e. The van der Waals surface area contributed by atoms with Gasteiger partial charge in [0.05, 0.1) is 11.0 Å². The van der Waals surface area contributed by atoms with Crippen LogP contribution in [0.4, 0.5) is 0 Å². The van der Waals surface area contributed by atoms with Crippen molar-refractivity contribution in [2.24, 2.45) is 5.41 Å². The number of rotatable bonds is 4. The molecule has 2 rings (SSSR count). The van der Waals surface area contributed by atoms with Gasteiger partial charge in [-0.2, -0.15) is 0 Å². The van der Waals surface area contributed by atoms with E-state index in [2.05, 4.69) is 5.32 Å². The Morgan fingerprint density at radius 2 is 1.76 bits per heavy atom. The molecule has 2 aliphatic rings. The Bertz CT molecular complexity index is 300. The Labute approximate surface area is 102 Å². The van der Waals surface area contributed by atoms with E-state index >= 15 is 0 Å². The van der Waals surface area contributed by atoms with E-state index in [-0.39, 0.29) is 0 Å². The molecule has 2 bridgehead atoms. The SMILES string of the molecule is CCC(CC)(C(=O)O)C1(O)CC2CCC(C1)N2. The number of hydrogen-bond donors (Lipinski definition) is 3. The van der Waals surface area contributed by atoms with Crippen molar-refractivity contribution >= 4 is 5.97 Å². The molecule has 2 saturated heterocycles. The molecule has 0 amide bonds. The number of carbonyl (C=O) groups is 1. The highest BCUT2D eigenvalue weighted by Gasteiger charge is 2.57. The van der Waals surface area contributed by atoms with E-state index in [1.165, 1.54) is 0 Å². The maximum absolute atomic E-state index is 11.6. The topological polar surface area (TPSA) is 69.6 Å². The molecule has 0 aromatic carbocycles. The van der Waals surface area contributed by atoms with E-state index in [1.54, 1.807) is 0 Å². The summed E-state index contributed by atoms with van der Waals surface area (Å²) in [4.78, 5) is 11.6. The Morgan fingerprint density at radius 3 is 2.12 bits per heavy atom. The molecule has 0 saturated carbocycles. The van der Waals surface area contributed by atoms with Gasteiger partial charge in [0.15, 0.2) is 0 Å². The summed E-state index contributed by atoms with van der Waals surface area (Å²) in [6, 6.07) is 0.603. The molecule has 2 aliphatic heterocycles. The average Bonchev–Trinajstić information content (AvgIpc) is 2.60. The first-order chi connectivity index (χ1) is 7.97. The average molecular weight is 241 g/mol. The largest absolute Gasteiger partial charge is 0.481 e. The van der Waals surface area contributed by atoms with Gasteiger partial charge in [-0.15, -0.1) is 0 Å². The highest BCUT2D eigenvalue weighted by molar-refractivity contribution is 5.76. The summed E-state index contributed by atoms with van der Waals surface area (Å²) in [5.41, 5.74) is -2.02. The first kappa shape index (κ1) is 12.8. The highest BCUT2D eigenvalue weighted by Crippen LogP contribution is 2.48. The number of fused-ring (bicyclic) bond motifs is 2. The first-order valence-electron chi connectivity index (χ1n) is 6.69. The van der Waals surface area contributed by atoms with Crippen LogP contribution in [-0.2, 0) is 4.79 Å². The van der Waals surface area contributed by atoms with Crippen LogP contribution in [0.15, 0.2) is 0 Å². The second-order valence-corrected chi connectivity index (χ2v) is 5.67. The fourth-order valence-electron chi connectivity index (χ4n) is 3.92. The zero-order chi connectivity index (χ0) is 12.7. The summed E-state index contributed by atoms with van der Waals surface area (Å²) in [6.07, 6.45) is 4.28. The number of aliphatic carboxylic acids is 1. The van der Waals surface area contributed by atoms with Crippen LogP contribution in [0.3, 0.4) is 0 Å².